The molecule has 150 valence electrons. The zero-order chi connectivity index (χ0) is 19.4. The van der Waals surface area contributed by atoms with E-state index in [1.807, 2.05) is 11.9 Å². The van der Waals surface area contributed by atoms with Crippen LogP contribution in [-0.4, -0.2) is 62.8 Å². The van der Waals surface area contributed by atoms with Gasteiger partial charge in [-0.2, -0.15) is 4.31 Å². The van der Waals surface area contributed by atoms with Crippen molar-refractivity contribution >= 4 is 15.9 Å². The van der Waals surface area contributed by atoms with Gasteiger partial charge in [-0.1, -0.05) is 25.3 Å². The third kappa shape index (κ3) is 4.52. The summed E-state index contributed by atoms with van der Waals surface area (Å²) in [6.07, 6.45) is 6.99. The number of carbonyl (C=O) groups excluding carboxylic acids is 1. The molecule has 2 aliphatic rings. The fourth-order valence-corrected chi connectivity index (χ4v) is 5.61. The molecule has 27 heavy (non-hydrogen) atoms. The van der Waals surface area contributed by atoms with Crippen molar-refractivity contribution in [3.63, 3.8) is 0 Å². The zero-order valence-corrected chi connectivity index (χ0v) is 17.2. The molecule has 1 aliphatic carbocycles. The van der Waals surface area contributed by atoms with Gasteiger partial charge in [0.05, 0.1) is 4.90 Å². The Morgan fingerprint density at radius 2 is 1.78 bits per heavy atom. The molecule has 3 rings (SSSR count). The molecular formula is C20H31N3O3S. The number of nitrogens with zero attached hydrogens (tertiary/aromatic N) is 2. The molecule has 1 aromatic rings. The standard InChI is InChI=1S/C20H31N3O3S/c1-21-17-11-13-23(14-12-17)20(24)16-7-6-10-19(15-16)27(25,26)22(2)18-8-4-3-5-9-18/h6-7,10,15,17-18,21H,3-5,8-9,11-14H2,1-2H3. The van der Waals surface area contributed by atoms with Gasteiger partial charge in [0.15, 0.2) is 0 Å². The van der Waals surface area contributed by atoms with E-state index in [1.165, 1.54) is 10.7 Å². The van der Waals surface area contributed by atoms with Crippen molar-refractivity contribution in [2.45, 2.75) is 61.9 Å². The predicted octanol–water partition coefficient (Wildman–Crippen LogP) is 2.46. The largest absolute Gasteiger partial charge is 0.339 e. The van der Waals surface area contributed by atoms with E-state index in [-0.39, 0.29) is 16.8 Å². The van der Waals surface area contributed by atoms with E-state index in [4.69, 9.17) is 0 Å². The Bertz CT molecular complexity index is 751. The number of carbonyl (C=O) groups is 1. The summed E-state index contributed by atoms with van der Waals surface area (Å²) >= 11 is 0. The molecule has 7 heteroatoms. The molecule has 1 N–H and O–H groups in total. The molecule has 0 aromatic heterocycles. The Hall–Kier alpha value is -1.44. The highest BCUT2D eigenvalue weighted by molar-refractivity contribution is 7.89. The lowest BCUT2D eigenvalue weighted by atomic mass is 9.96. The van der Waals surface area contributed by atoms with Gasteiger partial charge in [0.1, 0.15) is 0 Å². The third-order valence-corrected chi connectivity index (χ3v) is 7.94. The van der Waals surface area contributed by atoms with E-state index in [1.54, 1.807) is 31.3 Å². The number of hydrogen-bond donors (Lipinski definition) is 1. The average molecular weight is 394 g/mol. The van der Waals surface area contributed by atoms with Crippen LogP contribution in [0.2, 0.25) is 0 Å². The van der Waals surface area contributed by atoms with Crippen LogP contribution in [0.25, 0.3) is 0 Å². The normalized spacial score (nSPS) is 20.2. The van der Waals surface area contributed by atoms with Crippen LogP contribution >= 0.6 is 0 Å². The van der Waals surface area contributed by atoms with Crippen molar-refractivity contribution in [2.24, 2.45) is 0 Å². The van der Waals surface area contributed by atoms with Crippen molar-refractivity contribution in [1.29, 1.82) is 0 Å². The van der Waals surface area contributed by atoms with Gasteiger partial charge in [0, 0.05) is 37.8 Å². The van der Waals surface area contributed by atoms with Gasteiger partial charge >= 0.3 is 0 Å². The number of hydrogen-bond acceptors (Lipinski definition) is 4. The van der Waals surface area contributed by atoms with E-state index >= 15 is 0 Å². The highest BCUT2D eigenvalue weighted by Crippen LogP contribution is 2.27. The van der Waals surface area contributed by atoms with Gasteiger partial charge in [-0.15, -0.1) is 0 Å². The van der Waals surface area contributed by atoms with Gasteiger partial charge in [0.2, 0.25) is 10.0 Å². The number of piperidine rings is 1. The fraction of sp³-hybridized carbons (Fsp3) is 0.650. The summed E-state index contributed by atoms with van der Waals surface area (Å²) in [6.45, 7) is 1.40. The summed E-state index contributed by atoms with van der Waals surface area (Å²) in [5, 5.41) is 3.25. The summed E-state index contributed by atoms with van der Waals surface area (Å²) in [4.78, 5) is 14.9. The maximum absolute atomic E-state index is 13.1. The second-order valence-corrected chi connectivity index (χ2v) is 9.69. The number of likely N-dealkylation sites (tertiary alicyclic amines) is 1. The molecular weight excluding hydrogens is 362 g/mol. The smallest absolute Gasteiger partial charge is 0.253 e. The molecule has 0 unspecified atom stereocenters. The first-order valence-electron chi connectivity index (χ1n) is 9.98. The molecule has 1 saturated carbocycles. The van der Waals surface area contributed by atoms with Crippen molar-refractivity contribution < 1.29 is 13.2 Å². The Balaban J connectivity index is 1.75. The van der Waals surface area contributed by atoms with Gasteiger partial charge < -0.3 is 10.2 Å². The molecule has 1 aromatic carbocycles. The highest BCUT2D eigenvalue weighted by Gasteiger charge is 2.30. The predicted molar refractivity (Wildman–Crippen MR) is 106 cm³/mol. The minimum absolute atomic E-state index is 0.0590. The Morgan fingerprint density at radius 1 is 1.11 bits per heavy atom. The Morgan fingerprint density at radius 3 is 2.41 bits per heavy atom. The van der Waals surface area contributed by atoms with E-state index in [0.29, 0.717) is 24.7 Å². The number of benzene rings is 1. The third-order valence-electron chi connectivity index (χ3n) is 6.04. The molecule has 1 saturated heterocycles. The van der Waals surface area contributed by atoms with E-state index in [0.717, 1.165) is 38.5 Å². The molecule has 0 spiro atoms. The number of amides is 1. The lowest BCUT2D eigenvalue weighted by Crippen LogP contribution is -2.44. The molecule has 0 bridgehead atoms. The molecule has 1 heterocycles. The molecule has 1 amide bonds. The molecule has 0 radical (unpaired) electrons. The topological polar surface area (TPSA) is 69.7 Å². The summed E-state index contributed by atoms with van der Waals surface area (Å²) in [7, 11) is 0.0272. The number of nitrogens with one attached hydrogen (secondary N) is 1. The lowest BCUT2D eigenvalue weighted by molar-refractivity contribution is 0.0707. The average Bonchev–Trinajstić information content (AvgIpc) is 2.73. The van der Waals surface area contributed by atoms with Crippen LogP contribution in [0.4, 0.5) is 0 Å². The summed E-state index contributed by atoms with van der Waals surface area (Å²) in [6, 6.07) is 7.04. The monoisotopic (exact) mass is 393 g/mol. The van der Waals surface area contributed by atoms with Gasteiger partial charge in [-0.25, -0.2) is 8.42 Å². The summed E-state index contributed by atoms with van der Waals surface area (Å²) < 4.78 is 27.6. The van der Waals surface area contributed by atoms with Crippen molar-refractivity contribution in [3.05, 3.63) is 29.8 Å². The lowest BCUT2D eigenvalue weighted by Gasteiger charge is -2.32. The fourth-order valence-electron chi connectivity index (χ4n) is 4.15. The number of rotatable bonds is 5. The summed E-state index contributed by atoms with van der Waals surface area (Å²) in [5.41, 5.74) is 0.455. The maximum atomic E-state index is 13.1. The number of sulfonamides is 1. The van der Waals surface area contributed by atoms with Crippen LogP contribution in [0, 0.1) is 0 Å². The van der Waals surface area contributed by atoms with Crippen molar-refractivity contribution in [2.75, 3.05) is 27.2 Å². The SMILES string of the molecule is CNC1CCN(C(=O)c2cccc(S(=O)(=O)N(C)C3CCCCC3)c2)CC1. The van der Waals surface area contributed by atoms with Crippen LogP contribution in [0.1, 0.15) is 55.3 Å². The molecule has 1 aliphatic heterocycles. The van der Waals surface area contributed by atoms with Crippen LogP contribution in [0.3, 0.4) is 0 Å². The van der Waals surface area contributed by atoms with Gasteiger partial charge in [0.25, 0.3) is 5.91 Å². The maximum Gasteiger partial charge on any atom is 0.253 e. The Labute approximate surface area is 163 Å². The van der Waals surface area contributed by atoms with Crippen LogP contribution in [-0.2, 0) is 10.0 Å². The zero-order valence-electron chi connectivity index (χ0n) is 16.4. The van der Waals surface area contributed by atoms with Crippen molar-refractivity contribution in [3.8, 4) is 0 Å². The summed E-state index contributed by atoms with van der Waals surface area (Å²) in [5.74, 6) is -0.0816. The molecule has 2 fully saturated rings. The minimum atomic E-state index is -3.59. The van der Waals surface area contributed by atoms with Crippen molar-refractivity contribution in [1.82, 2.24) is 14.5 Å². The second kappa shape index (κ2) is 8.71. The molecule has 0 atom stereocenters. The van der Waals surface area contributed by atoms with Crippen LogP contribution in [0.15, 0.2) is 29.2 Å². The van der Waals surface area contributed by atoms with Gasteiger partial charge in [-0.05, 0) is 50.9 Å². The highest BCUT2D eigenvalue weighted by atomic mass is 32.2. The quantitative estimate of drug-likeness (QED) is 0.834. The first-order valence-corrected chi connectivity index (χ1v) is 11.4. The van der Waals surface area contributed by atoms with E-state index in [2.05, 4.69) is 5.32 Å². The van der Waals surface area contributed by atoms with Crippen LogP contribution in [0.5, 0.6) is 0 Å². The molecule has 6 nitrogen and oxygen atoms in total. The van der Waals surface area contributed by atoms with E-state index in [9.17, 15) is 13.2 Å². The van der Waals surface area contributed by atoms with Crippen LogP contribution < -0.4 is 5.32 Å². The van der Waals surface area contributed by atoms with E-state index < -0.39 is 10.0 Å². The second-order valence-electron chi connectivity index (χ2n) is 7.70. The minimum Gasteiger partial charge on any atom is -0.339 e. The first-order chi connectivity index (χ1) is 12.9. The van der Waals surface area contributed by atoms with Gasteiger partial charge in [-0.3, -0.25) is 4.79 Å². The Kier molecular flexibility index (Phi) is 6.55. The first kappa shape index (κ1) is 20.3.